The highest BCUT2D eigenvalue weighted by molar-refractivity contribution is 5.78. The van der Waals surface area contributed by atoms with Crippen molar-refractivity contribution in [2.75, 3.05) is 7.11 Å². The molecule has 2 atom stereocenters. The molecule has 2 rings (SSSR count). The molecule has 1 fully saturated rings. The van der Waals surface area contributed by atoms with Crippen molar-refractivity contribution in [1.29, 1.82) is 0 Å². The van der Waals surface area contributed by atoms with Gasteiger partial charge < -0.3 is 9.47 Å². The van der Waals surface area contributed by atoms with Gasteiger partial charge in [0.05, 0.1) is 23.7 Å². The molecule has 0 heterocycles. The van der Waals surface area contributed by atoms with Crippen LogP contribution in [-0.4, -0.2) is 13.1 Å². The van der Waals surface area contributed by atoms with Gasteiger partial charge in [-0.05, 0) is 18.3 Å². The van der Waals surface area contributed by atoms with Gasteiger partial charge in [0.2, 0.25) is 0 Å². The lowest BCUT2D eigenvalue weighted by atomic mass is 10.1. The average Bonchev–Trinajstić information content (AvgIpc) is 3.10. The first-order valence-corrected chi connectivity index (χ1v) is 7.80. The number of hydrogen-bond donors (Lipinski definition) is 0. The standard InChI is InChI=1S/C18H20F4O3/c1-5-6-11-12(18(11,2)3)17(23)25-8-10-15(21)13(19)9(7-24-4)14(20)16(10)22/h5-6,11-12H,7-8H2,1-4H3/b6-5+/t11?,12-/m0/s1. The summed E-state index contributed by atoms with van der Waals surface area (Å²) in [5, 5.41) is 0. The van der Waals surface area contributed by atoms with Crippen molar-refractivity contribution in [3.05, 3.63) is 46.5 Å². The number of carbonyl (C=O) groups is 1. The van der Waals surface area contributed by atoms with Crippen LogP contribution in [0.2, 0.25) is 0 Å². The lowest BCUT2D eigenvalue weighted by Gasteiger charge is -2.12. The average molecular weight is 360 g/mol. The Bertz CT molecular complexity index is 684. The van der Waals surface area contributed by atoms with Crippen molar-refractivity contribution in [1.82, 2.24) is 0 Å². The highest BCUT2D eigenvalue weighted by Gasteiger charge is 2.61. The fourth-order valence-electron chi connectivity index (χ4n) is 3.05. The first-order valence-electron chi connectivity index (χ1n) is 7.80. The third-order valence-corrected chi connectivity index (χ3v) is 4.66. The summed E-state index contributed by atoms with van der Waals surface area (Å²) < 4.78 is 65.2. The second-order valence-electron chi connectivity index (χ2n) is 6.60. The number of ether oxygens (including phenoxy) is 2. The van der Waals surface area contributed by atoms with E-state index in [4.69, 9.17) is 4.74 Å². The molecule has 0 aliphatic heterocycles. The molecule has 1 unspecified atom stereocenters. The summed E-state index contributed by atoms with van der Waals surface area (Å²) in [5.74, 6) is -7.43. The predicted octanol–water partition coefficient (Wildman–Crippen LogP) is 4.28. The van der Waals surface area contributed by atoms with Crippen molar-refractivity contribution >= 4 is 5.97 Å². The number of benzene rings is 1. The van der Waals surface area contributed by atoms with Gasteiger partial charge in [0.25, 0.3) is 0 Å². The number of methoxy groups -OCH3 is 1. The van der Waals surface area contributed by atoms with Crippen LogP contribution in [-0.2, 0) is 27.5 Å². The number of halogens is 4. The maximum absolute atomic E-state index is 14.0. The van der Waals surface area contributed by atoms with Crippen molar-refractivity contribution in [3.8, 4) is 0 Å². The zero-order valence-corrected chi connectivity index (χ0v) is 14.5. The Hall–Kier alpha value is -1.89. The summed E-state index contributed by atoms with van der Waals surface area (Å²) in [6.45, 7) is 4.04. The molecule has 1 aliphatic carbocycles. The Morgan fingerprint density at radius 3 is 1.96 bits per heavy atom. The molecule has 0 aromatic heterocycles. The molecule has 25 heavy (non-hydrogen) atoms. The van der Waals surface area contributed by atoms with Crippen LogP contribution in [0.15, 0.2) is 12.2 Å². The lowest BCUT2D eigenvalue weighted by molar-refractivity contribution is -0.147. The molecule has 138 valence electrons. The van der Waals surface area contributed by atoms with E-state index in [1.54, 1.807) is 6.08 Å². The van der Waals surface area contributed by atoms with Gasteiger partial charge in [-0.15, -0.1) is 0 Å². The summed E-state index contributed by atoms with van der Waals surface area (Å²) in [4.78, 5) is 12.1. The van der Waals surface area contributed by atoms with E-state index in [1.165, 1.54) is 0 Å². The zero-order valence-electron chi connectivity index (χ0n) is 14.5. The first kappa shape index (κ1) is 19.4. The largest absolute Gasteiger partial charge is 0.460 e. The van der Waals surface area contributed by atoms with E-state index in [9.17, 15) is 22.4 Å². The quantitative estimate of drug-likeness (QED) is 0.329. The van der Waals surface area contributed by atoms with Gasteiger partial charge in [0.15, 0.2) is 23.3 Å². The smallest absolute Gasteiger partial charge is 0.310 e. The lowest BCUT2D eigenvalue weighted by Crippen LogP contribution is -2.15. The number of carbonyl (C=O) groups excluding carboxylic acids is 1. The minimum atomic E-state index is -1.58. The van der Waals surface area contributed by atoms with E-state index in [-0.39, 0.29) is 11.3 Å². The predicted molar refractivity (Wildman–Crippen MR) is 82.4 cm³/mol. The Labute approximate surface area is 143 Å². The van der Waals surface area contributed by atoms with E-state index in [1.807, 2.05) is 26.8 Å². The number of allylic oxidation sites excluding steroid dienone is 2. The third kappa shape index (κ3) is 3.42. The monoisotopic (exact) mass is 360 g/mol. The Kier molecular flexibility index (Phi) is 5.56. The number of esters is 1. The molecule has 0 bridgehead atoms. The second kappa shape index (κ2) is 7.15. The van der Waals surface area contributed by atoms with Gasteiger partial charge in [0.1, 0.15) is 6.61 Å². The van der Waals surface area contributed by atoms with Gasteiger partial charge in [-0.2, -0.15) is 0 Å². The van der Waals surface area contributed by atoms with E-state index in [2.05, 4.69) is 4.74 Å². The van der Waals surface area contributed by atoms with Crippen molar-refractivity contribution in [3.63, 3.8) is 0 Å². The van der Waals surface area contributed by atoms with Crippen LogP contribution in [0, 0.1) is 40.5 Å². The normalized spacial score (nSPS) is 21.6. The van der Waals surface area contributed by atoms with Crippen LogP contribution < -0.4 is 0 Å². The van der Waals surface area contributed by atoms with Crippen molar-refractivity contribution in [2.45, 2.75) is 34.0 Å². The van der Waals surface area contributed by atoms with E-state index in [0.29, 0.717) is 0 Å². The molecular formula is C18H20F4O3. The van der Waals surface area contributed by atoms with Crippen LogP contribution in [0.25, 0.3) is 0 Å². The van der Waals surface area contributed by atoms with E-state index in [0.717, 1.165) is 7.11 Å². The third-order valence-electron chi connectivity index (χ3n) is 4.66. The zero-order chi connectivity index (χ0) is 18.9. The molecule has 1 aromatic carbocycles. The second-order valence-corrected chi connectivity index (χ2v) is 6.60. The molecule has 0 saturated heterocycles. The number of hydrogen-bond acceptors (Lipinski definition) is 3. The molecule has 3 nitrogen and oxygen atoms in total. The number of rotatable bonds is 6. The summed E-state index contributed by atoms with van der Waals surface area (Å²) in [6, 6.07) is 0. The maximum atomic E-state index is 14.0. The summed E-state index contributed by atoms with van der Waals surface area (Å²) in [6.07, 6.45) is 3.66. The minimum Gasteiger partial charge on any atom is -0.460 e. The fourth-order valence-corrected chi connectivity index (χ4v) is 3.05. The Morgan fingerprint density at radius 2 is 1.52 bits per heavy atom. The highest BCUT2D eigenvalue weighted by Crippen LogP contribution is 2.59. The molecule has 0 spiro atoms. The molecular weight excluding hydrogens is 340 g/mol. The molecule has 0 N–H and O–H groups in total. The van der Waals surface area contributed by atoms with Crippen LogP contribution in [0.3, 0.4) is 0 Å². The van der Waals surface area contributed by atoms with Gasteiger partial charge in [0, 0.05) is 7.11 Å². The van der Waals surface area contributed by atoms with E-state index >= 15 is 0 Å². The SMILES string of the molecule is C/C=C/C1[C@@H](C(=O)OCc2c(F)c(F)c(COC)c(F)c2F)C1(C)C. The summed E-state index contributed by atoms with van der Waals surface area (Å²) in [5.41, 5.74) is -2.13. The van der Waals surface area contributed by atoms with E-state index < -0.39 is 59.5 Å². The van der Waals surface area contributed by atoms with Gasteiger partial charge in [-0.3, -0.25) is 4.79 Å². The fraction of sp³-hybridized carbons (Fsp3) is 0.500. The van der Waals surface area contributed by atoms with Crippen LogP contribution in [0.4, 0.5) is 17.6 Å². The van der Waals surface area contributed by atoms with Gasteiger partial charge in [-0.1, -0.05) is 26.0 Å². The molecule has 1 aromatic rings. The maximum Gasteiger partial charge on any atom is 0.310 e. The Morgan fingerprint density at radius 1 is 1.04 bits per heavy atom. The summed E-state index contributed by atoms with van der Waals surface area (Å²) in [7, 11) is 1.14. The Balaban J connectivity index is 2.18. The molecule has 7 heteroatoms. The first-order chi connectivity index (χ1) is 11.7. The van der Waals surface area contributed by atoms with Gasteiger partial charge in [-0.25, -0.2) is 17.6 Å². The molecule has 1 saturated carbocycles. The van der Waals surface area contributed by atoms with Crippen molar-refractivity contribution in [2.24, 2.45) is 17.3 Å². The summed E-state index contributed by atoms with van der Waals surface area (Å²) >= 11 is 0. The van der Waals surface area contributed by atoms with Crippen molar-refractivity contribution < 1.29 is 31.8 Å². The molecule has 0 amide bonds. The molecule has 1 aliphatic rings. The van der Waals surface area contributed by atoms with Crippen LogP contribution >= 0.6 is 0 Å². The topological polar surface area (TPSA) is 35.5 Å². The van der Waals surface area contributed by atoms with Gasteiger partial charge >= 0.3 is 5.97 Å². The van der Waals surface area contributed by atoms with Crippen LogP contribution in [0.1, 0.15) is 31.9 Å². The van der Waals surface area contributed by atoms with Crippen LogP contribution in [0.5, 0.6) is 0 Å². The highest BCUT2D eigenvalue weighted by atomic mass is 19.2. The molecule has 0 radical (unpaired) electrons. The minimum absolute atomic E-state index is 0.0442.